The summed E-state index contributed by atoms with van der Waals surface area (Å²) in [6, 6.07) is 15.3. The van der Waals surface area contributed by atoms with Gasteiger partial charge in [-0.2, -0.15) is 5.10 Å². The highest BCUT2D eigenvalue weighted by Crippen LogP contribution is 2.21. The molecular formula is C24H26FN5O2. The van der Waals surface area contributed by atoms with Crippen LogP contribution < -0.4 is 15.6 Å². The molecule has 0 atom stereocenters. The third-order valence-electron chi connectivity index (χ3n) is 5.68. The smallest absolute Gasteiger partial charge is 0.276 e. The van der Waals surface area contributed by atoms with Crippen LogP contribution >= 0.6 is 0 Å². The van der Waals surface area contributed by atoms with Crippen molar-refractivity contribution in [2.75, 3.05) is 38.1 Å². The van der Waals surface area contributed by atoms with E-state index in [1.54, 1.807) is 25.1 Å². The number of carbonyl (C=O) groups excluding carboxylic acids is 1. The lowest BCUT2D eigenvalue weighted by atomic mass is 10.1. The SMILES string of the molecule is Cc1cc(=O)c(C(=O)NCc2ccccc2N2CCN(C)CC2)nn1-c1ccccc1F. The Labute approximate surface area is 186 Å². The number of halogens is 1. The number of aromatic nitrogens is 2. The van der Waals surface area contributed by atoms with Crippen molar-refractivity contribution >= 4 is 11.6 Å². The van der Waals surface area contributed by atoms with Crippen LogP contribution in [0.3, 0.4) is 0 Å². The van der Waals surface area contributed by atoms with E-state index in [1.165, 1.54) is 16.8 Å². The van der Waals surface area contributed by atoms with Crippen molar-refractivity contribution in [3.63, 3.8) is 0 Å². The molecule has 0 unspecified atom stereocenters. The van der Waals surface area contributed by atoms with Crippen molar-refractivity contribution in [2.24, 2.45) is 0 Å². The first-order valence-electron chi connectivity index (χ1n) is 10.6. The molecule has 0 saturated carbocycles. The van der Waals surface area contributed by atoms with Gasteiger partial charge in [0.25, 0.3) is 5.91 Å². The van der Waals surface area contributed by atoms with Gasteiger partial charge in [0.05, 0.1) is 0 Å². The molecule has 1 aliphatic heterocycles. The van der Waals surface area contributed by atoms with Crippen molar-refractivity contribution < 1.29 is 9.18 Å². The highest BCUT2D eigenvalue weighted by molar-refractivity contribution is 5.92. The van der Waals surface area contributed by atoms with Gasteiger partial charge < -0.3 is 15.1 Å². The fourth-order valence-corrected chi connectivity index (χ4v) is 3.85. The molecule has 32 heavy (non-hydrogen) atoms. The first-order valence-corrected chi connectivity index (χ1v) is 10.6. The molecule has 0 aliphatic carbocycles. The number of anilines is 1. The highest BCUT2D eigenvalue weighted by Gasteiger charge is 2.19. The van der Waals surface area contributed by atoms with E-state index in [0.29, 0.717) is 5.69 Å². The lowest BCUT2D eigenvalue weighted by molar-refractivity contribution is 0.0943. The largest absolute Gasteiger partial charge is 0.369 e. The maximum atomic E-state index is 14.3. The maximum absolute atomic E-state index is 14.3. The molecule has 1 amide bonds. The van der Waals surface area contributed by atoms with Crippen LogP contribution in [0.2, 0.25) is 0 Å². The molecule has 0 spiro atoms. The fourth-order valence-electron chi connectivity index (χ4n) is 3.85. The summed E-state index contributed by atoms with van der Waals surface area (Å²) in [4.78, 5) is 29.9. The summed E-state index contributed by atoms with van der Waals surface area (Å²) < 4.78 is 15.5. The molecule has 0 bridgehead atoms. The Morgan fingerprint density at radius 1 is 1.03 bits per heavy atom. The van der Waals surface area contributed by atoms with Crippen molar-refractivity contribution in [3.05, 3.63) is 87.6 Å². The molecule has 7 nitrogen and oxygen atoms in total. The van der Waals surface area contributed by atoms with E-state index in [-0.39, 0.29) is 17.9 Å². The minimum Gasteiger partial charge on any atom is -0.369 e. The Hall–Kier alpha value is -3.52. The van der Waals surface area contributed by atoms with Crippen molar-refractivity contribution in [1.29, 1.82) is 0 Å². The number of aryl methyl sites for hydroxylation is 1. The number of rotatable bonds is 5. The topological polar surface area (TPSA) is 70.5 Å². The molecule has 166 valence electrons. The van der Waals surface area contributed by atoms with Gasteiger partial charge in [-0.3, -0.25) is 9.59 Å². The van der Waals surface area contributed by atoms with Crippen molar-refractivity contribution in [1.82, 2.24) is 20.0 Å². The van der Waals surface area contributed by atoms with Crippen LogP contribution in [0.1, 0.15) is 21.7 Å². The van der Waals surface area contributed by atoms with Gasteiger partial charge in [0, 0.05) is 50.2 Å². The molecule has 1 saturated heterocycles. The second kappa shape index (κ2) is 9.32. The Balaban J connectivity index is 1.55. The number of likely N-dealkylation sites (N-methyl/N-ethyl adjacent to an activating group) is 1. The second-order valence-corrected chi connectivity index (χ2v) is 7.96. The van der Waals surface area contributed by atoms with Crippen LogP contribution in [0.4, 0.5) is 10.1 Å². The molecule has 1 fully saturated rings. The molecule has 2 heterocycles. The number of amides is 1. The molecule has 2 aromatic carbocycles. The number of hydrogen-bond acceptors (Lipinski definition) is 5. The van der Waals surface area contributed by atoms with Gasteiger partial charge in [0.15, 0.2) is 5.69 Å². The zero-order valence-electron chi connectivity index (χ0n) is 18.2. The average Bonchev–Trinajstić information content (AvgIpc) is 2.79. The summed E-state index contributed by atoms with van der Waals surface area (Å²) in [6.07, 6.45) is 0. The molecule has 3 aromatic rings. The van der Waals surface area contributed by atoms with Crippen molar-refractivity contribution in [3.8, 4) is 5.69 Å². The Bertz CT molecular complexity index is 1190. The number of hydrogen-bond donors (Lipinski definition) is 1. The van der Waals surface area contributed by atoms with Crippen LogP contribution in [-0.4, -0.2) is 53.8 Å². The standard InChI is InChI=1S/C24H26FN5O2/c1-17-15-22(31)23(27-30(17)21-10-6-4-8-19(21)25)24(32)26-16-18-7-3-5-9-20(18)29-13-11-28(2)12-14-29/h3-10,15H,11-14,16H2,1-2H3,(H,26,32). The molecule has 4 rings (SSSR count). The predicted octanol–water partition coefficient (Wildman–Crippen LogP) is 2.36. The second-order valence-electron chi connectivity index (χ2n) is 7.96. The van der Waals surface area contributed by atoms with Gasteiger partial charge in [0.1, 0.15) is 11.5 Å². The van der Waals surface area contributed by atoms with E-state index in [4.69, 9.17) is 0 Å². The van der Waals surface area contributed by atoms with E-state index in [0.717, 1.165) is 37.4 Å². The minimum absolute atomic E-state index is 0.180. The predicted molar refractivity (Wildman–Crippen MR) is 122 cm³/mol. The van der Waals surface area contributed by atoms with Crippen LogP contribution in [-0.2, 0) is 6.54 Å². The Morgan fingerprint density at radius 2 is 1.69 bits per heavy atom. The number of carbonyl (C=O) groups is 1. The van der Waals surface area contributed by atoms with Gasteiger partial charge in [-0.15, -0.1) is 0 Å². The van der Waals surface area contributed by atoms with Crippen molar-refractivity contribution in [2.45, 2.75) is 13.5 Å². The monoisotopic (exact) mass is 435 g/mol. The molecule has 1 N–H and O–H groups in total. The molecule has 1 aliphatic rings. The van der Waals surface area contributed by atoms with Crippen LogP contribution in [0, 0.1) is 12.7 Å². The Kier molecular flexibility index (Phi) is 6.32. The van der Waals surface area contributed by atoms with Crippen LogP contribution in [0.25, 0.3) is 5.69 Å². The summed E-state index contributed by atoms with van der Waals surface area (Å²) >= 11 is 0. The first kappa shape index (κ1) is 21.7. The summed E-state index contributed by atoms with van der Waals surface area (Å²) in [7, 11) is 2.10. The Morgan fingerprint density at radius 3 is 2.41 bits per heavy atom. The highest BCUT2D eigenvalue weighted by atomic mass is 19.1. The lowest BCUT2D eigenvalue weighted by Gasteiger charge is -2.35. The normalized spacial score (nSPS) is 14.4. The van der Waals surface area contributed by atoms with Gasteiger partial charge in [-0.25, -0.2) is 9.07 Å². The van der Waals surface area contributed by atoms with Gasteiger partial charge in [0.2, 0.25) is 5.43 Å². The van der Waals surface area contributed by atoms with E-state index < -0.39 is 17.2 Å². The number of para-hydroxylation sites is 2. The van der Waals surface area contributed by atoms with E-state index >= 15 is 0 Å². The molecule has 1 aromatic heterocycles. The van der Waals surface area contributed by atoms with Gasteiger partial charge in [-0.05, 0) is 37.7 Å². The average molecular weight is 436 g/mol. The summed E-state index contributed by atoms with van der Waals surface area (Å²) in [5.41, 5.74) is 1.89. The minimum atomic E-state index is -0.590. The quantitative estimate of drug-likeness (QED) is 0.666. The summed E-state index contributed by atoms with van der Waals surface area (Å²) in [5.74, 6) is -1.08. The summed E-state index contributed by atoms with van der Waals surface area (Å²) in [5, 5.41) is 6.98. The third-order valence-corrected chi connectivity index (χ3v) is 5.68. The maximum Gasteiger partial charge on any atom is 0.276 e. The zero-order chi connectivity index (χ0) is 22.7. The van der Waals surface area contributed by atoms with E-state index in [9.17, 15) is 14.0 Å². The first-order chi connectivity index (χ1) is 15.4. The number of benzene rings is 2. The lowest BCUT2D eigenvalue weighted by Crippen LogP contribution is -2.45. The number of piperazine rings is 1. The zero-order valence-corrected chi connectivity index (χ0v) is 18.2. The summed E-state index contributed by atoms with van der Waals surface area (Å²) in [6.45, 7) is 5.68. The molecular weight excluding hydrogens is 409 g/mol. The van der Waals surface area contributed by atoms with Crippen LogP contribution in [0.15, 0.2) is 59.4 Å². The molecule has 8 heteroatoms. The van der Waals surface area contributed by atoms with Crippen LogP contribution in [0.5, 0.6) is 0 Å². The third kappa shape index (κ3) is 4.55. The number of nitrogens with zero attached hydrogens (tertiary/aromatic N) is 4. The van der Waals surface area contributed by atoms with E-state index in [2.05, 4.69) is 27.3 Å². The molecule has 0 radical (unpaired) electrons. The van der Waals surface area contributed by atoms with Gasteiger partial charge >= 0.3 is 0 Å². The van der Waals surface area contributed by atoms with Gasteiger partial charge in [-0.1, -0.05) is 30.3 Å². The van der Waals surface area contributed by atoms with E-state index in [1.807, 2.05) is 24.3 Å². The number of nitrogens with one attached hydrogen (secondary N) is 1. The fraction of sp³-hybridized carbons (Fsp3) is 0.292.